The quantitative estimate of drug-likeness (QED) is 0.777. The van der Waals surface area contributed by atoms with Crippen molar-refractivity contribution in [2.24, 2.45) is 0 Å². The number of aliphatic hydroxyl groups is 1. The lowest BCUT2D eigenvalue weighted by molar-refractivity contribution is 0.220. The van der Waals surface area contributed by atoms with Gasteiger partial charge in [0.15, 0.2) is 0 Å². The van der Waals surface area contributed by atoms with E-state index in [0.29, 0.717) is 10.6 Å². The topological polar surface area (TPSA) is 46.0 Å². The van der Waals surface area contributed by atoms with Gasteiger partial charge >= 0.3 is 0 Å². The Bertz CT molecular complexity index is 730. The standard InChI is InChI=1S/C15H11ClN2O/c16-13-9-17-7-5-12(13)15(19)11-4-3-10-2-1-6-18-14(10)8-11/h1-9,15,19H. The first-order chi connectivity index (χ1) is 9.25. The molecule has 0 aliphatic heterocycles. The first-order valence-corrected chi connectivity index (χ1v) is 6.25. The molecule has 0 bridgehead atoms. The van der Waals surface area contributed by atoms with Crippen molar-refractivity contribution in [2.75, 3.05) is 0 Å². The first-order valence-electron chi connectivity index (χ1n) is 5.88. The Hall–Kier alpha value is -1.97. The predicted molar refractivity (Wildman–Crippen MR) is 75.1 cm³/mol. The number of benzene rings is 1. The van der Waals surface area contributed by atoms with E-state index in [4.69, 9.17) is 11.6 Å². The molecule has 1 aromatic carbocycles. The Morgan fingerprint density at radius 2 is 2.00 bits per heavy atom. The predicted octanol–water partition coefficient (Wildman–Crippen LogP) is 3.36. The van der Waals surface area contributed by atoms with Crippen LogP contribution in [0.4, 0.5) is 0 Å². The molecule has 3 rings (SSSR count). The lowest BCUT2D eigenvalue weighted by Gasteiger charge is -2.13. The van der Waals surface area contributed by atoms with Crippen molar-refractivity contribution >= 4 is 22.5 Å². The number of halogens is 1. The van der Waals surface area contributed by atoms with E-state index in [-0.39, 0.29) is 0 Å². The fraction of sp³-hybridized carbons (Fsp3) is 0.0667. The number of nitrogens with zero attached hydrogens (tertiary/aromatic N) is 2. The van der Waals surface area contributed by atoms with E-state index >= 15 is 0 Å². The average Bonchev–Trinajstić information content (AvgIpc) is 2.46. The van der Waals surface area contributed by atoms with Crippen LogP contribution in [0.1, 0.15) is 17.2 Å². The van der Waals surface area contributed by atoms with Crippen molar-refractivity contribution in [1.29, 1.82) is 0 Å². The summed E-state index contributed by atoms with van der Waals surface area (Å²) in [5, 5.41) is 11.9. The molecule has 1 atom stereocenters. The molecule has 1 unspecified atom stereocenters. The van der Waals surface area contributed by atoms with Crippen LogP contribution in [0.2, 0.25) is 5.02 Å². The van der Waals surface area contributed by atoms with Crippen LogP contribution in [-0.2, 0) is 0 Å². The molecule has 0 saturated carbocycles. The lowest BCUT2D eigenvalue weighted by Crippen LogP contribution is -2.01. The highest BCUT2D eigenvalue weighted by Gasteiger charge is 2.14. The molecular weight excluding hydrogens is 260 g/mol. The van der Waals surface area contributed by atoms with Gasteiger partial charge in [0.2, 0.25) is 0 Å². The third-order valence-electron chi connectivity index (χ3n) is 3.04. The largest absolute Gasteiger partial charge is 0.384 e. The van der Waals surface area contributed by atoms with E-state index in [1.807, 2.05) is 30.3 Å². The number of aliphatic hydroxyl groups excluding tert-OH is 1. The van der Waals surface area contributed by atoms with Gasteiger partial charge in [-0.3, -0.25) is 9.97 Å². The van der Waals surface area contributed by atoms with Crippen LogP contribution >= 0.6 is 11.6 Å². The number of pyridine rings is 2. The third kappa shape index (κ3) is 2.30. The second kappa shape index (κ2) is 4.96. The van der Waals surface area contributed by atoms with E-state index < -0.39 is 6.10 Å². The molecule has 0 saturated heterocycles. The van der Waals surface area contributed by atoms with Crippen molar-refractivity contribution in [1.82, 2.24) is 9.97 Å². The second-order valence-corrected chi connectivity index (χ2v) is 4.66. The van der Waals surface area contributed by atoms with Crippen LogP contribution in [0.5, 0.6) is 0 Å². The summed E-state index contributed by atoms with van der Waals surface area (Å²) in [4.78, 5) is 8.20. The maximum absolute atomic E-state index is 10.4. The van der Waals surface area contributed by atoms with E-state index in [9.17, 15) is 5.11 Å². The van der Waals surface area contributed by atoms with Gasteiger partial charge in [0.05, 0.1) is 10.5 Å². The SMILES string of the molecule is OC(c1ccc2cccnc2c1)c1ccncc1Cl. The van der Waals surface area contributed by atoms with Gasteiger partial charge in [-0.15, -0.1) is 0 Å². The maximum Gasteiger partial charge on any atom is 0.106 e. The number of rotatable bonds is 2. The molecule has 3 aromatic rings. The van der Waals surface area contributed by atoms with E-state index in [2.05, 4.69) is 9.97 Å². The fourth-order valence-corrected chi connectivity index (χ4v) is 2.26. The Labute approximate surface area is 115 Å². The maximum atomic E-state index is 10.4. The number of fused-ring (bicyclic) bond motifs is 1. The zero-order chi connectivity index (χ0) is 13.2. The Morgan fingerprint density at radius 3 is 2.84 bits per heavy atom. The van der Waals surface area contributed by atoms with Crippen LogP contribution in [0, 0.1) is 0 Å². The van der Waals surface area contributed by atoms with Crippen molar-refractivity contribution < 1.29 is 5.11 Å². The Morgan fingerprint density at radius 1 is 1.11 bits per heavy atom. The molecule has 4 heteroatoms. The van der Waals surface area contributed by atoms with Crippen LogP contribution in [0.3, 0.4) is 0 Å². The van der Waals surface area contributed by atoms with Gasteiger partial charge in [0.1, 0.15) is 6.10 Å². The minimum atomic E-state index is -0.776. The summed E-state index contributed by atoms with van der Waals surface area (Å²) < 4.78 is 0. The minimum absolute atomic E-state index is 0.455. The summed E-state index contributed by atoms with van der Waals surface area (Å²) in [5.74, 6) is 0. The summed E-state index contributed by atoms with van der Waals surface area (Å²) in [7, 11) is 0. The summed E-state index contributed by atoms with van der Waals surface area (Å²) >= 11 is 6.05. The van der Waals surface area contributed by atoms with Crippen LogP contribution in [-0.4, -0.2) is 15.1 Å². The number of hydrogen-bond donors (Lipinski definition) is 1. The van der Waals surface area contributed by atoms with Crippen molar-refractivity contribution in [3.63, 3.8) is 0 Å². The second-order valence-electron chi connectivity index (χ2n) is 4.26. The van der Waals surface area contributed by atoms with Crippen molar-refractivity contribution in [3.05, 3.63) is 71.1 Å². The highest BCUT2D eigenvalue weighted by Crippen LogP contribution is 2.28. The van der Waals surface area contributed by atoms with Gasteiger partial charge in [-0.2, -0.15) is 0 Å². The minimum Gasteiger partial charge on any atom is -0.384 e. The van der Waals surface area contributed by atoms with Crippen LogP contribution in [0.25, 0.3) is 10.9 Å². The first kappa shape index (κ1) is 12.1. The zero-order valence-electron chi connectivity index (χ0n) is 9.99. The van der Waals surface area contributed by atoms with Gasteiger partial charge in [-0.1, -0.05) is 29.8 Å². The van der Waals surface area contributed by atoms with Crippen LogP contribution < -0.4 is 0 Å². The monoisotopic (exact) mass is 270 g/mol. The van der Waals surface area contributed by atoms with E-state index in [1.54, 1.807) is 18.5 Å². The average molecular weight is 271 g/mol. The van der Waals surface area contributed by atoms with Crippen LogP contribution in [0.15, 0.2) is 55.0 Å². The summed E-state index contributed by atoms with van der Waals surface area (Å²) in [5.41, 5.74) is 2.26. The molecule has 0 spiro atoms. The van der Waals surface area contributed by atoms with Crippen molar-refractivity contribution in [3.8, 4) is 0 Å². The number of hydrogen-bond acceptors (Lipinski definition) is 3. The molecule has 1 N–H and O–H groups in total. The van der Waals surface area contributed by atoms with Gasteiger partial charge < -0.3 is 5.11 Å². The zero-order valence-corrected chi connectivity index (χ0v) is 10.7. The molecule has 3 nitrogen and oxygen atoms in total. The smallest absolute Gasteiger partial charge is 0.106 e. The lowest BCUT2D eigenvalue weighted by atomic mass is 10.0. The molecule has 94 valence electrons. The highest BCUT2D eigenvalue weighted by atomic mass is 35.5. The van der Waals surface area contributed by atoms with Gasteiger partial charge in [-0.05, 0) is 23.8 Å². The van der Waals surface area contributed by atoms with Gasteiger partial charge in [0.25, 0.3) is 0 Å². The molecule has 0 fully saturated rings. The summed E-state index contributed by atoms with van der Waals surface area (Å²) in [6, 6.07) is 11.3. The third-order valence-corrected chi connectivity index (χ3v) is 3.36. The molecule has 2 aromatic heterocycles. The fourth-order valence-electron chi connectivity index (χ4n) is 2.04. The van der Waals surface area contributed by atoms with Gasteiger partial charge in [0, 0.05) is 29.5 Å². The van der Waals surface area contributed by atoms with Crippen molar-refractivity contribution in [2.45, 2.75) is 6.10 Å². The molecule has 0 radical (unpaired) electrons. The molecule has 0 aliphatic carbocycles. The van der Waals surface area contributed by atoms with Gasteiger partial charge in [-0.25, -0.2) is 0 Å². The number of aromatic nitrogens is 2. The highest BCUT2D eigenvalue weighted by molar-refractivity contribution is 6.31. The van der Waals surface area contributed by atoms with E-state index in [0.717, 1.165) is 16.5 Å². The molecule has 0 amide bonds. The normalized spacial score (nSPS) is 12.5. The molecular formula is C15H11ClN2O. The molecule has 19 heavy (non-hydrogen) atoms. The molecule has 2 heterocycles. The van der Waals surface area contributed by atoms with E-state index in [1.165, 1.54) is 6.20 Å². The summed E-state index contributed by atoms with van der Waals surface area (Å²) in [6.07, 6.45) is 4.10. The summed E-state index contributed by atoms with van der Waals surface area (Å²) in [6.45, 7) is 0. The Balaban J connectivity index is 2.07. The molecule has 0 aliphatic rings. The Kier molecular flexibility index (Phi) is 3.15.